The summed E-state index contributed by atoms with van der Waals surface area (Å²) in [5.41, 5.74) is 0.316. The van der Waals surface area contributed by atoms with Crippen molar-refractivity contribution in [1.82, 2.24) is 9.80 Å². The Bertz CT molecular complexity index is 701. The SMILES string of the molecule is COc1ccccc1[C@H]1CN(C(=O)OC(C)(C)C)CCN1C(=O)CC[C@@H](C)OC. The molecule has 0 saturated carbocycles. The van der Waals surface area contributed by atoms with Crippen LogP contribution < -0.4 is 4.74 Å². The summed E-state index contributed by atoms with van der Waals surface area (Å²) >= 11 is 0. The van der Waals surface area contributed by atoms with E-state index in [4.69, 9.17) is 14.2 Å². The number of para-hydroxylation sites is 1. The molecule has 0 radical (unpaired) electrons. The predicted molar refractivity (Wildman–Crippen MR) is 111 cm³/mol. The highest BCUT2D eigenvalue weighted by Gasteiger charge is 2.36. The Morgan fingerprint density at radius 1 is 1.17 bits per heavy atom. The van der Waals surface area contributed by atoms with E-state index in [1.807, 2.05) is 56.9 Å². The molecule has 2 atom stereocenters. The first-order valence-corrected chi connectivity index (χ1v) is 10.1. The van der Waals surface area contributed by atoms with Gasteiger partial charge in [0.15, 0.2) is 0 Å². The second kappa shape index (κ2) is 9.96. The van der Waals surface area contributed by atoms with Crippen molar-refractivity contribution in [2.75, 3.05) is 33.9 Å². The third-order valence-corrected chi connectivity index (χ3v) is 5.02. The van der Waals surface area contributed by atoms with Crippen LogP contribution in [0.3, 0.4) is 0 Å². The molecule has 0 spiro atoms. The first kappa shape index (κ1) is 23.0. The van der Waals surface area contributed by atoms with Crippen molar-refractivity contribution in [2.24, 2.45) is 0 Å². The molecule has 0 N–H and O–H groups in total. The van der Waals surface area contributed by atoms with Gasteiger partial charge in [0, 0.05) is 38.7 Å². The molecule has 1 aliphatic rings. The fourth-order valence-electron chi connectivity index (χ4n) is 3.37. The average molecular weight is 407 g/mol. The fourth-order valence-corrected chi connectivity index (χ4v) is 3.37. The van der Waals surface area contributed by atoms with Crippen LogP contribution in [0.25, 0.3) is 0 Å². The van der Waals surface area contributed by atoms with Gasteiger partial charge in [0.05, 0.1) is 19.3 Å². The lowest BCUT2D eigenvalue weighted by Gasteiger charge is -2.42. The summed E-state index contributed by atoms with van der Waals surface area (Å²) in [5.74, 6) is 0.750. The standard InChI is InChI=1S/C22H34N2O5/c1-16(27-5)11-12-20(25)24-14-13-23(21(26)29-22(2,3)4)15-18(24)17-9-7-8-10-19(17)28-6/h7-10,16,18H,11-15H2,1-6H3/t16-,18-/m1/s1. The molecule has 162 valence electrons. The quantitative estimate of drug-likeness (QED) is 0.722. The number of benzene rings is 1. The van der Waals surface area contributed by atoms with E-state index in [1.54, 1.807) is 19.1 Å². The second-order valence-corrected chi connectivity index (χ2v) is 8.36. The highest BCUT2D eigenvalue weighted by molar-refractivity contribution is 5.77. The lowest BCUT2D eigenvalue weighted by Crippen LogP contribution is -2.53. The van der Waals surface area contributed by atoms with Crippen molar-refractivity contribution in [1.29, 1.82) is 0 Å². The van der Waals surface area contributed by atoms with Gasteiger partial charge in [-0.1, -0.05) is 18.2 Å². The van der Waals surface area contributed by atoms with Crippen molar-refractivity contribution >= 4 is 12.0 Å². The summed E-state index contributed by atoms with van der Waals surface area (Å²) in [6.07, 6.45) is 0.706. The molecule has 1 aromatic carbocycles. The zero-order chi connectivity index (χ0) is 21.6. The van der Waals surface area contributed by atoms with Crippen molar-refractivity contribution in [3.05, 3.63) is 29.8 Å². The molecule has 1 heterocycles. The summed E-state index contributed by atoms with van der Waals surface area (Å²) in [7, 11) is 3.26. The molecule has 0 unspecified atom stereocenters. The average Bonchev–Trinajstić information content (AvgIpc) is 2.69. The molecule has 7 nitrogen and oxygen atoms in total. The highest BCUT2D eigenvalue weighted by Crippen LogP contribution is 2.33. The van der Waals surface area contributed by atoms with E-state index in [2.05, 4.69) is 0 Å². The van der Waals surface area contributed by atoms with Crippen LogP contribution in [0, 0.1) is 0 Å². The number of hydrogen-bond acceptors (Lipinski definition) is 5. The number of ether oxygens (including phenoxy) is 3. The minimum Gasteiger partial charge on any atom is -0.496 e. The minimum atomic E-state index is -0.569. The smallest absolute Gasteiger partial charge is 0.410 e. The summed E-state index contributed by atoms with van der Waals surface area (Å²) in [5, 5.41) is 0. The first-order valence-electron chi connectivity index (χ1n) is 10.1. The lowest BCUT2D eigenvalue weighted by molar-refractivity contribution is -0.137. The van der Waals surface area contributed by atoms with Gasteiger partial charge in [-0.25, -0.2) is 4.79 Å². The number of piperazine rings is 1. The number of hydrogen-bond donors (Lipinski definition) is 0. The van der Waals surface area contributed by atoms with Gasteiger partial charge in [0.25, 0.3) is 0 Å². The molecule has 2 rings (SSSR count). The summed E-state index contributed by atoms with van der Waals surface area (Å²) < 4.78 is 16.3. The molecule has 1 aromatic rings. The molecule has 0 bridgehead atoms. The topological polar surface area (TPSA) is 68.3 Å². The van der Waals surface area contributed by atoms with Crippen molar-refractivity contribution < 1.29 is 23.8 Å². The molecule has 1 aliphatic heterocycles. The van der Waals surface area contributed by atoms with Gasteiger partial charge >= 0.3 is 6.09 Å². The molecule has 0 aromatic heterocycles. The molecule has 2 amide bonds. The van der Waals surface area contributed by atoms with E-state index in [1.165, 1.54) is 0 Å². The zero-order valence-electron chi connectivity index (χ0n) is 18.4. The third-order valence-electron chi connectivity index (χ3n) is 5.02. The maximum atomic E-state index is 13.0. The molecule has 1 saturated heterocycles. The van der Waals surface area contributed by atoms with Crippen LogP contribution >= 0.6 is 0 Å². The largest absolute Gasteiger partial charge is 0.496 e. The Hall–Kier alpha value is -2.28. The number of nitrogens with zero attached hydrogens (tertiary/aromatic N) is 2. The van der Waals surface area contributed by atoms with Gasteiger partial charge in [0.2, 0.25) is 5.91 Å². The van der Waals surface area contributed by atoms with E-state index in [0.717, 1.165) is 5.56 Å². The van der Waals surface area contributed by atoms with Gasteiger partial charge in [-0.05, 0) is 40.2 Å². The van der Waals surface area contributed by atoms with Crippen molar-refractivity contribution in [3.8, 4) is 5.75 Å². The molecule has 29 heavy (non-hydrogen) atoms. The van der Waals surface area contributed by atoms with Crippen LogP contribution in [0.2, 0.25) is 0 Å². The Balaban J connectivity index is 2.25. The number of carbonyl (C=O) groups excluding carboxylic acids is 2. The Morgan fingerprint density at radius 2 is 1.86 bits per heavy atom. The van der Waals surface area contributed by atoms with Crippen molar-refractivity contribution in [2.45, 2.75) is 58.3 Å². The Morgan fingerprint density at radius 3 is 2.48 bits per heavy atom. The summed E-state index contributed by atoms with van der Waals surface area (Å²) in [6, 6.07) is 7.33. The number of methoxy groups -OCH3 is 2. The van der Waals surface area contributed by atoms with E-state index in [9.17, 15) is 9.59 Å². The molecule has 0 aliphatic carbocycles. The monoisotopic (exact) mass is 406 g/mol. The van der Waals surface area contributed by atoms with Gasteiger partial charge < -0.3 is 24.0 Å². The highest BCUT2D eigenvalue weighted by atomic mass is 16.6. The van der Waals surface area contributed by atoms with Gasteiger partial charge in [0.1, 0.15) is 11.4 Å². The van der Waals surface area contributed by atoms with E-state index < -0.39 is 5.60 Å². The van der Waals surface area contributed by atoms with Crippen LogP contribution in [0.15, 0.2) is 24.3 Å². The number of rotatable bonds is 6. The van der Waals surface area contributed by atoms with Crippen LogP contribution in [0.1, 0.15) is 52.1 Å². The van der Waals surface area contributed by atoms with E-state index >= 15 is 0 Å². The van der Waals surface area contributed by atoms with Crippen LogP contribution in [0.4, 0.5) is 4.79 Å². The first-order chi connectivity index (χ1) is 13.7. The molecular formula is C22H34N2O5. The van der Waals surface area contributed by atoms with Crippen molar-refractivity contribution in [3.63, 3.8) is 0 Å². The van der Waals surface area contributed by atoms with Crippen LogP contribution in [-0.2, 0) is 14.3 Å². The Kier molecular flexibility index (Phi) is 7.90. The van der Waals surface area contributed by atoms with Gasteiger partial charge in [-0.2, -0.15) is 0 Å². The number of carbonyl (C=O) groups is 2. The van der Waals surface area contributed by atoms with Gasteiger partial charge in [-0.15, -0.1) is 0 Å². The van der Waals surface area contributed by atoms with Crippen LogP contribution in [0.5, 0.6) is 5.75 Å². The lowest BCUT2D eigenvalue weighted by atomic mass is 10.00. The summed E-state index contributed by atoms with van der Waals surface area (Å²) in [6.45, 7) is 8.73. The minimum absolute atomic E-state index is 0.0201. The fraction of sp³-hybridized carbons (Fsp3) is 0.636. The molecular weight excluding hydrogens is 372 g/mol. The van der Waals surface area contributed by atoms with Gasteiger partial charge in [-0.3, -0.25) is 4.79 Å². The Labute approximate surface area is 173 Å². The maximum Gasteiger partial charge on any atom is 0.410 e. The second-order valence-electron chi connectivity index (χ2n) is 8.36. The number of amides is 2. The summed E-state index contributed by atoms with van der Waals surface area (Å²) in [4.78, 5) is 29.1. The predicted octanol–water partition coefficient (Wildman–Crippen LogP) is 3.63. The van der Waals surface area contributed by atoms with E-state index in [0.29, 0.717) is 38.2 Å². The maximum absolute atomic E-state index is 13.0. The zero-order valence-corrected chi connectivity index (χ0v) is 18.4. The molecule has 7 heteroatoms. The molecule has 1 fully saturated rings. The third kappa shape index (κ3) is 6.35. The normalized spacial score (nSPS) is 18.3. The van der Waals surface area contributed by atoms with Crippen LogP contribution in [-0.4, -0.2) is 67.4 Å². The van der Waals surface area contributed by atoms with E-state index in [-0.39, 0.29) is 24.1 Å².